The van der Waals surface area contributed by atoms with E-state index in [2.05, 4.69) is 241 Å². The van der Waals surface area contributed by atoms with Gasteiger partial charge in [0.05, 0.1) is 16.7 Å². The molecular weight excluding hydrogens is 867 g/mol. The summed E-state index contributed by atoms with van der Waals surface area (Å²) in [6.45, 7) is 0. The van der Waals surface area contributed by atoms with Gasteiger partial charge in [0.2, 0.25) is 0 Å². The van der Waals surface area contributed by atoms with Gasteiger partial charge in [-0.15, -0.1) is 11.3 Å². The van der Waals surface area contributed by atoms with Gasteiger partial charge >= 0.3 is 0 Å². The Hall–Kier alpha value is -8.96. The zero-order chi connectivity index (χ0) is 45.9. The van der Waals surface area contributed by atoms with Gasteiger partial charge < -0.3 is 0 Å². The van der Waals surface area contributed by atoms with E-state index in [0.29, 0.717) is 5.82 Å². The minimum absolute atomic E-state index is 0.687. The van der Waals surface area contributed by atoms with Crippen LogP contribution in [0.2, 0.25) is 0 Å². The van der Waals surface area contributed by atoms with Gasteiger partial charge in [0.25, 0.3) is 0 Å². The molecule has 3 nitrogen and oxygen atoms in total. The molecule has 0 atom stereocenters. The molecule has 70 heavy (non-hydrogen) atoms. The lowest BCUT2D eigenvalue weighted by Gasteiger charge is -2.15. The van der Waals surface area contributed by atoms with Crippen LogP contribution in [0.15, 0.2) is 237 Å². The summed E-state index contributed by atoms with van der Waals surface area (Å²) in [4.78, 5) is 11.1. The van der Waals surface area contributed by atoms with E-state index >= 15 is 0 Å². The summed E-state index contributed by atoms with van der Waals surface area (Å²) >= 11 is 1.87. The van der Waals surface area contributed by atoms with Gasteiger partial charge in [0.1, 0.15) is 5.82 Å². The summed E-state index contributed by atoms with van der Waals surface area (Å²) in [5, 5.41) is 17.0. The smallest absolute Gasteiger partial charge is 0.162 e. The summed E-state index contributed by atoms with van der Waals surface area (Å²) in [7, 11) is 0. The molecule has 0 amide bonds. The zero-order valence-corrected chi connectivity index (χ0v) is 38.6. The van der Waals surface area contributed by atoms with Crippen molar-refractivity contribution in [3.05, 3.63) is 237 Å². The van der Waals surface area contributed by atoms with Gasteiger partial charge in [-0.1, -0.05) is 188 Å². The molecule has 3 heterocycles. The maximum absolute atomic E-state index is 5.61. The Morgan fingerprint density at radius 2 is 0.814 bits per heavy atom. The number of nitrogens with zero attached hydrogens (tertiary/aromatic N) is 3. The van der Waals surface area contributed by atoms with Gasteiger partial charge in [-0.25, -0.2) is 9.97 Å². The molecule has 0 N–H and O–H groups in total. The van der Waals surface area contributed by atoms with Gasteiger partial charge in [-0.2, -0.15) is 0 Å². The van der Waals surface area contributed by atoms with E-state index in [1.54, 1.807) is 0 Å². The highest BCUT2D eigenvalue weighted by molar-refractivity contribution is 7.25. The molecule has 0 aliphatic heterocycles. The van der Waals surface area contributed by atoms with Crippen LogP contribution in [0.25, 0.3) is 147 Å². The number of benzene rings is 12. The maximum atomic E-state index is 5.61. The molecule has 0 radical (unpaired) electrons. The third kappa shape index (κ3) is 6.00. The van der Waals surface area contributed by atoms with Gasteiger partial charge in [0.15, 0.2) is 5.82 Å². The Morgan fingerprint density at radius 3 is 1.60 bits per heavy atom. The van der Waals surface area contributed by atoms with Crippen molar-refractivity contribution in [1.82, 2.24) is 14.5 Å². The molecule has 0 unspecified atom stereocenters. The maximum Gasteiger partial charge on any atom is 0.162 e. The van der Waals surface area contributed by atoms with E-state index in [1.165, 1.54) is 90.9 Å². The van der Waals surface area contributed by atoms with E-state index in [-0.39, 0.29) is 0 Å². The standard InChI is InChI=1S/C66H39N3S/c1-2-14-40(15-3-1)43-30-33-61-58(35-43)59-37-56-49-23-9-8-22-48(49)55-34-44(45-29-32-53-52-24-10-11-27-63(52)70-64(53)36-45)28-31-50(55)57(56)38-62(59)69(61)65-39-60(51-25-12-18-41-16-4-6-20-46(41)51)67-66(68-65)54-26-13-19-42-17-5-7-21-47(42)54/h1-39H. The first-order valence-electron chi connectivity index (χ1n) is 23.9. The second-order valence-corrected chi connectivity index (χ2v) is 19.5. The summed E-state index contributed by atoms with van der Waals surface area (Å²) < 4.78 is 5.02. The molecule has 0 aliphatic rings. The van der Waals surface area contributed by atoms with Crippen molar-refractivity contribution >= 4 is 107 Å². The van der Waals surface area contributed by atoms with Crippen LogP contribution in [0.5, 0.6) is 0 Å². The molecule has 0 spiro atoms. The first-order valence-corrected chi connectivity index (χ1v) is 24.7. The predicted molar refractivity (Wildman–Crippen MR) is 299 cm³/mol. The number of aromatic nitrogens is 3. The van der Waals surface area contributed by atoms with E-state index in [0.717, 1.165) is 49.8 Å². The van der Waals surface area contributed by atoms with Crippen molar-refractivity contribution in [1.29, 1.82) is 0 Å². The summed E-state index contributed by atoms with van der Waals surface area (Å²) in [5.41, 5.74) is 9.92. The first kappa shape index (κ1) is 39.1. The molecule has 0 saturated heterocycles. The van der Waals surface area contributed by atoms with Crippen LogP contribution in [-0.4, -0.2) is 14.5 Å². The fourth-order valence-corrected chi connectivity index (χ4v) is 12.4. The van der Waals surface area contributed by atoms with E-state index in [4.69, 9.17) is 9.97 Å². The SMILES string of the molecule is c1ccc(-c2ccc3c(c2)c2cc4c5ccccc5c5cc(-c6ccc7c(c6)sc6ccccc67)ccc5c4cc2n3-c2cc(-c3cccc4ccccc34)nc(-c3cccc4ccccc34)n2)cc1. The molecular formula is C66H39N3S. The molecule has 0 aliphatic carbocycles. The predicted octanol–water partition coefficient (Wildman–Crippen LogP) is 18.4. The van der Waals surface area contributed by atoms with Gasteiger partial charge in [0, 0.05) is 48.1 Å². The Kier molecular flexibility index (Phi) is 8.53. The van der Waals surface area contributed by atoms with Crippen LogP contribution in [0.4, 0.5) is 0 Å². The second-order valence-electron chi connectivity index (χ2n) is 18.5. The van der Waals surface area contributed by atoms with E-state index < -0.39 is 0 Å². The van der Waals surface area contributed by atoms with E-state index in [9.17, 15) is 0 Å². The lowest BCUT2D eigenvalue weighted by molar-refractivity contribution is 1.05. The lowest BCUT2D eigenvalue weighted by Crippen LogP contribution is -2.03. The molecule has 324 valence electrons. The van der Waals surface area contributed by atoms with Crippen molar-refractivity contribution < 1.29 is 0 Å². The fraction of sp³-hybridized carbons (Fsp3) is 0. The summed E-state index contributed by atoms with van der Waals surface area (Å²) in [5.74, 6) is 1.50. The fourth-order valence-electron chi connectivity index (χ4n) is 11.3. The van der Waals surface area contributed by atoms with Crippen molar-refractivity contribution in [2.45, 2.75) is 0 Å². The molecule has 12 aromatic carbocycles. The number of hydrogen-bond acceptors (Lipinski definition) is 3. The first-order chi connectivity index (χ1) is 34.7. The minimum atomic E-state index is 0.687. The summed E-state index contributed by atoms with van der Waals surface area (Å²) in [6, 6.07) is 86.5. The number of thiophene rings is 1. The van der Waals surface area contributed by atoms with Crippen LogP contribution in [0.1, 0.15) is 0 Å². The molecule has 0 saturated carbocycles. The van der Waals surface area contributed by atoms with Gasteiger partial charge in [-0.05, 0) is 119 Å². The third-order valence-electron chi connectivity index (χ3n) is 14.6. The summed E-state index contributed by atoms with van der Waals surface area (Å²) in [6.07, 6.45) is 0. The second kappa shape index (κ2) is 15.3. The molecule has 0 fully saturated rings. The quantitative estimate of drug-likeness (QED) is 0.161. The highest BCUT2D eigenvalue weighted by atomic mass is 32.1. The average Bonchev–Trinajstić information content (AvgIpc) is 3.97. The molecule has 3 aromatic heterocycles. The van der Waals surface area contributed by atoms with Crippen molar-refractivity contribution in [2.75, 3.05) is 0 Å². The molecule has 0 bridgehead atoms. The zero-order valence-electron chi connectivity index (χ0n) is 37.8. The minimum Gasteiger partial charge on any atom is -0.294 e. The van der Waals surface area contributed by atoms with Crippen molar-refractivity contribution in [3.8, 4) is 50.7 Å². The molecule has 15 aromatic rings. The van der Waals surface area contributed by atoms with Crippen LogP contribution < -0.4 is 0 Å². The molecule has 15 rings (SSSR count). The third-order valence-corrected chi connectivity index (χ3v) is 15.7. The van der Waals surface area contributed by atoms with Crippen molar-refractivity contribution in [2.24, 2.45) is 0 Å². The van der Waals surface area contributed by atoms with E-state index in [1.807, 2.05) is 11.3 Å². The monoisotopic (exact) mass is 905 g/mol. The van der Waals surface area contributed by atoms with Crippen LogP contribution in [0, 0.1) is 0 Å². The van der Waals surface area contributed by atoms with Crippen molar-refractivity contribution in [3.63, 3.8) is 0 Å². The topological polar surface area (TPSA) is 30.7 Å². The molecule has 4 heteroatoms. The Balaban J connectivity index is 1.03. The Morgan fingerprint density at radius 1 is 0.286 bits per heavy atom. The van der Waals surface area contributed by atoms with Crippen LogP contribution in [0.3, 0.4) is 0 Å². The normalized spacial score (nSPS) is 12.0. The highest BCUT2D eigenvalue weighted by Crippen LogP contribution is 2.44. The van der Waals surface area contributed by atoms with Crippen LogP contribution >= 0.6 is 11.3 Å². The number of rotatable bonds is 5. The largest absolute Gasteiger partial charge is 0.294 e. The average molecular weight is 906 g/mol. The Labute approximate surface area is 406 Å². The number of hydrogen-bond donors (Lipinski definition) is 0. The van der Waals surface area contributed by atoms with Gasteiger partial charge in [-0.3, -0.25) is 4.57 Å². The lowest BCUT2D eigenvalue weighted by atomic mass is 9.91. The number of fused-ring (bicyclic) bond motifs is 14. The van der Waals surface area contributed by atoms with Crippen LogP contribution in [-0.2, 0) is 0 Å². The Bertz CT molecular complexity index is 4550. The highest BCUT2D eigenvalue weighted by Gasteiger charge is 2.21.